The monoisotopic (exact) mass is 251 g/mol. The maximum atomic E-state index is 12.9. The van der Waals surface area contributed by atoms with Crippen molar-refractivity contribution in [3.05, 3.63) is 24.1 Å². The fourth-order valence-corrected chi connectivity index (χ4v) is 2.52. The molecule has 100 valence electrons. The maximum Gasteiger partial charge on any atom is 0.141 e. The van der Waals surface area contributed by atoms with Gasteiger partial charge in [-0.3, -0.25) is 0 Å². The minimum atomic E-state index is -0.269. The van der Waals surface area contributed by atoms with Crippen LogP contribution >= 0.6 is 0 Å². The molecule has 1 atom stereocenters. The van der Waals surface area contributed by atoms with Crippen molar-refractivity contribution in [1.82, 2.24) is 10.3 Å². The van der Waals surface area contributed by atoms with Gasteiger partial charge in [0.1, 0.15) is 11.6 Å². The van der Waals surface area contributed by atoms with Crippen molar-refractivity contribution in [2.75, 3.05) is 31.1 Å². The first-order chi connectivity index (χ1) is 8.79. The lowest BCUT2D eigenvalue weighted by molar-refractivity contribution is 0.376. The Kier molecular flexibility index (Phi) is 4.93. The summed E-state index contributed by atoms with van der Waals surface area (Å²) in [6.45, 7) is 6.38. The quantitative estimate of drug-likeness (QED) is 0.871. The summed E-state index contributed by atoms with van der Waals surface area (Å²) in [5.41, 5.74) is 0. The average Bonchev–Trinajstić information content (AvgIpc) is 2.40. The molecule has 0 aliphatic carbocycles. The third-order valence-electron chi connectivity index (χ3n) is 3.41. The first kappa shape index (κ1) is 13.3. The summed E-state index contributed by atoms with van der Waals surface area (Å²) in [5.74, 6) is 1.30. The number of piperidine rings is 1. The van der Waals surface area contributed by atoms with Crippen LogP contribution < -0.4 is 10.2 Å². The summed E-state index contributed by atoms with van der Waals surface area (Å²) < 4.78 is 12.9. The summed E-state index contributed by atoms with van der Waals surface area (Å²) in [6.07, 6.45) is 4.91. The van der Waals surface area contributed by atoms with E-state index in [1.807, 2.05) is 0 Å². The summed E-state index contributed by atoms with van der Waals surface area (Å²) in [4.78, 5) is 6.47. The number of rotatable bonds is 5. The molecule has 2 rings (SSSR count). The van der Waals surface area contributed by atoms with Gasteiger partial charge in [-0.25, -0.2) is 9.37 Å². The van der Waals surface area contributed by atoms with E-state index >= 15 is 0 Å². The van der Waals surface area contributed by atoms with E-state index < -0.39 is 0 Å². The number of hydrogen-bond acceptors (Lipinski definition) is 3. The molecule has 1 aliphatic rings. The normalized spacial score (nSPS) is 19.8. The first-order valence-electron chi connectivity index (χ1n) is 6.87. The van der Waals surface area contributed by atoms with E-state index in [2.05, 4.69) is 22.1 Å². The molecule has 18 heavy (non-hydrogen) atoms. The number of nitrogens with one attached hydrogen (secondary N) is 1. The third kappa shape index (κ3) is 3.67. The molecule has 1 fully saturated rings. The van der Waals surface area contributed by atoms with Gasteiger partial charge in [-0.05, 0) is 50.4 Å². The van der Waals surface area contributed by atoms with Gasteiger partial charge < -0.3 is 10.2 Å². The van der Waals surface area contributed by atoms with E-state index in [1.54, 1.807) is 6.07 Å². The highest BCUT2D eigenvalue weighted by atomic mass is 19.1. The van der Waals surface area contributed by atoms with Crippen molar-refractivity contribution < 1.29 is 4.39 Å². The molecule has 1 unspecified atom stereocenters. The Morgan fingerprint density at radius 2 is 2.39 bits per heavy atom. The van der Waals surface area contributed by atoms with Gasteiger partial charge in [-0.1, -0.05) is 6.92 Å². The van der Waals surface area contributed by atoms with Gasteiger partial charge in [0, 0.05) is 13.1 Å². The van der Waals surface area contributed by atoms with Gasteiger partial charge in [0.2, 0.25) is 0 Å². The fraction of sp³-hybridized carbons (Fsp3) is 0.643. The molecule has 1 aliphatic heterocycles. The second kappa shape index (κ2) is 6.69. The molecule has 0 bridgehead atoms. The van der Waals surface area contributed by atoms with Gasteiger partial charge in [-0.2, -0.15) is 0 Å². The molecule has 0 radical (unpaired) electrons. The van der Waals surface area contributed by atoms with Crippen molar-refractivity contribution in [3.8, 4) is 0 Å². The van der Waals surface area contributed by atoms with Gasteiger partial charge in [-0.15, -0.1) is 0 Å². The zero-order valence-electron chi connectivity index (χ0n) is 11.0. The fourth-order valence-electron chi connectivity index (χ4n) is 2.52. The minimum Gasteiger partial charge on any atom is -0.356 e. The third-order valence-corrected chi connectivity index (χ3v) is 3.41. The number of halogens is 1. The Morgan fingerprint density at radius 1 is 1.50 bits per heavy atom. The van der Waals surface area contributed by atoms with Crippen molar-refractivity contribution in [1.29, 1.82) is 0 Å². The van der Waals surface area contributed by atoms with Gasteiger partial charge in [0.05, 0.1) is 6.20 Å². The lowest BCUT2D eigenvalue weighted by Crippen LogP contribution is -2.39. The van der Waals surface area contributed by atoms with Crippen LogP contribution in [0.2, 0.25) is 0 Å². The van der Waals surface area contributed by atoms with Gasteiger partial charge in [0.25, 0.3) is 0 Å². The Morgan fingerprint density at radius 3 is 3.00 bits per heavy atom. The molecule has 3 nitrogen and oxygen atoms in total. The van der Waals surface area contributed by atoms with Crippen molar-refractivity contribution >= 4 is 5.82 Å². The summed E-state index contributed by atoms with van der Waals surface area (Å²) >= 11 is 0. The van der Waals surface area contributed by atoms with Crippen LogP contribution in [0.15, 0.2) is 18.3 Å². The summed E-state index contributed by atoms with van der Waals surface area (Å²) in [6, 6.07) is 3.27. The van der Waals surface area contributed by atoms with E-state index in [-0.39, 0.29) is 5.82 Å². The number of anilines is 1. The lowest BCUT2D eigenvalue weighted by Gasteiger charge is -2.30. The second-order valence-electron chi connectivity index (χ2n) is 4.99. The molecule has 1 N–H and O–H groups in total. The Balaban J connectivity index is 2.00. The van der Waals surface area contributed by atoms with E-state index in [0.29, 0.717) is 5.92 Å². The molecule has 1 saturated heterocycles. The average molecular weight is 251 g/mol. The number of hydrogen-bond donors (Lipinski definition) is 1. The van der Waals surface area contributed by atoms with Crippen LogP contribution in [0, 0.1) is 11.7 Å². The molecular formula is C14H22FN3. The van der Waals surface area contributed by atoms with Crippen molar-refractivity contribution in [2.45, 2.75) is 26.2 Å². The Labute approximate surface area is 108 Å². The van der Waals surface area contributed by atoms with Crippen LogP contribution in [0.5, 0.6) is 0 Å². The SMILES string of the molecule is CCCN(CC1CCCNC1)c1ccc(F)cn1. The molecule has 0 saturated carbocycles. The highest BCUT2D eigenvalue weighted by molar-refractivity contribution is 5.37. The predicted octanol–water partition coefficient (Wildman–Crippen LogP) is 2.44. The lowest BCUT2D eigenvalue weighted by atomic mass is 9.99. The molecule has 1 aromatic rings. The predicted molar refractivity (Wildman–Crippen MR) is 72.3 cm³/mol. The first-order valence-corrected chi connectivity index (χ1v) is 6.87. The molecule has 1 aromatic heterocycles. The van der Waals surface area contributed by atoms with Gasteiger partial charge >= 0.3 is 0 Å². The molecule has 0 spiro atoms. The standard InChI is InChI=1S/C14H22FN3/c1-2-8-18(11-12-4-3-7-16-9-12)14-6-5-13(15)10-17-14/h5-6,10,12,16H,2-4,7-9,11H2,1H3. The van der Waals surface area contributed by atoms with E-state index in [1.165, 1.54) is 25.1 Å². The molecule has 4 heteroatoms. The van der Waals surface area contributed by atoms with Crippen LogP contribution in [-0.2, 0) is 0 Å². The van der Waals surface area contributed by atoms with Crippen molar-refractivity contribution in [2.24, 2.45) is 5.92 Å². The topological polar surface area (TPSA) is 28.2 Å². The van der Waals surface area contributed by atoms with Gasteiger partial charge in [0.15, 0.2) is 0 Å². The van der Waals surface area contributed by atoms with Crippen LogP contribution in [0.1, 0.15) is 26.2 Å². The van der Waals surface area contributed by atoms with E-state index in [4.69, 9.17) is 0 Å². The number of aromatic nitrogens is 1. The Hall–Kier alpha value is -1.16. The van der Waals surface area contributed by atoms with E-state index in [0.717, 1.165) is 38.4 Å². The molecule has 0 amide bonds. The smallest absolute Gasteiger partial charge is 0.141 e. The molecular weight excluding hydrogens is 229 g/mol. The zero-order chi connectivity index (χ0) is 12.8. The molecule has 0 aromatic carbocycles. The van der Waals surface area contributed by atoms with Crippen LogP contribution in [0.3, 0.4) is 0 Å². The highest BCUT2D eigenvalue weighted by Gasteiger charge is 2.17. The maximum absolute atomic E-state index is 12.9. The summed E-state index contributed by atoms with van der Waals surface area (Å²) in [5, 5.41) is 3.44. The second-order valence-corrected chi connectivity index (χ2v) is 4.99. The Bertz CT molecular complexity index is 347. The minimum absolute atomic E-state index is 0.269. The number of nitrogens with zero attached hydrogens (tertiary/aromatic N) is 2. The molecule has 2 heterocycles. The zero-order valence-corrected chi connectivity index (χ0v) is 11.0. The largest absolute Gasteiger partial charge is 0.356 e. The highest BCUT2D eigenvalue weighted by Crippen LogP contribution is 2.17. The van der Waals surface area contributed by atoms with Crippen LogP contribution in [0.4, 0.5) is 10.2 Å². The summed E-state index contributed by atoms with van der Waals surface area (Å²) in [7, 11) is 0. The van der Waals surface area contributed by atoms with Crippen LogP contribution in [0.25, 0.3) is 0 Å². The van der Waals surface area contributed by atoms with Crippen LogP contribution in [-0.4, -0.2) is 31.2 Å². The number of pyridine rings is 1. The van der Waals surface area contributed by atoms with Crippen molar-refractivity contribution in [3.63, 3.8) is 0 Å². The van der Waals surface area contributed by atoms with E-state index in [9.17, 15) is 4.39 Å².